The summed E-state index contributed by atoms with van der Waals surface area (Å²) in [5.74, 6) is 0. The minimum Gasteiger partial charge on any atom is -0.311 e. The molecule has 15 heavy (non-hydrogen) atoms. The quantitative estimate of drug-likeness (QED) is 0.752. The van der Waals surface area contributed by atoms with Crippen LogP contribution in [0.3, 0.4) is 0 Å². The highest BCUT2D eigenvalue weighted by molar-refractivity contribution is 5.64. The zero-order chi connectivity index (χ0) is 10.1. The Balaban J connectivity index is 1.83. The summed E-state index contributed by atoms with van der Waals surface area (Å²) in [4.78, 5) is 8.15. The van der Waals surface area contributed by atoms with Crippen LogP contribution in [-0.2, 0) is 0 Å². The van der Waals surface area contributed by atoms with Crippen molar-refractivity contribution in [2.75, 3.05) is 0 Å². The van der Waals surface area contributed by atoms with Gasteiger partial charge in [0.05, 0.1) is 0 Å². The number of hydrogen-bond donors (Lipinski definition) is 1. The van der Waals surface area contributed by atoms with Gasteiger partial charge in [0, 0.05) is 30.0 Å². The van der Waals surface area contributed by atoms with E-state index in [1.165, 1.54) is 24.0 Å². The van der Waals surface area contributed by atoms with Crippen molar-refractivity contribution in [3.63, 3.8) is 0 Å². The fourth-order valence-electron chi connectivity index (χ4n) is 2.46. The predicted molar refractivity (Wildman–Crippen MR) is 59.2 cm³/mol. The Bertz CT molecular complexity index is 366. The Morgan fingerprint density at radius 2 is 2.00 bits per heavy atom. The van der Waals surface area contributed by atoms with Gasteiger partial charge in [-0.05, 0) is 31.3 Å². The highest BCUT2D eigenvalue weighted by atomic mass is 15.0. The van der Waals surface area contributed by atoms with Gasteiger partial charge in [0.25, 0.3) is 0 Å². The lowest BCUT2D eigenvalue weighted by Gasteiger charge is -2.39. The van der Waals surface area contributed by atoms with Gasteiger partial charge in [-0.1, -0.05) is 6.08 Å². The summed E-state index contributed by atoms with van der Waals surface area (Å²) < 4.78 is 0. The minimum absolute atomic E-state index is 0.718. The third kappa shape index (κ3) is 1.79. The van der Waals surface area contributed by atoms with Crippen molar-refractivity contribution in [3.8, 4) is 0 Å². The number of nitrogens with zero attached hydrogens (tertiary/aromatic N) is 2. The zero-order valence-electron chi connectivity index (χ0n) is 8.69. The molecule has 0 amide bonds. The molecule has 78 valence electrons. The van der Waals surface area contributed by atoms with Crippen LogP contribution in [0.4, 0.5) is 0 Å². The maximum Gasteiger partial charge on any atom is 0.115 e. The summed E-state index contributed by atoms with van der Waals surface area (Å²) in [6, 6.07) is 1.47. The first-order valence-corrected chi connectivity index (χ1v) is 5.62. The molecule has 3 heteroatoms. The average molecular weight is 201 g/mol. The van der Waals surface area contributed by atoms with Gasteiger partial charge in [0.2, 0.25) is 0 Å². The Morgan fingerprint density at radius 1 is 1.20 bits per heavy atom. The lowest BCUT2D eigenvalue weighted by Crippen LogP contribution is -2.52. The average Bonchev–Trinajstić information content (AvgIpc) is 2.15. The van der Waals surface area contributed by atoms with Gasteiger partial charge >= 0.3 is 0 Å². The SMILES string of the molecule is C1=C(/c2cncnc2)CCC2CC(C/1)N2. The molecule has 3 nitrogen and oxygen atoms in total. The summed E-state index contributed by atoms with van der Waals surface area (Å²) in [7, 11) is 0. The molecular weight excluding hydrogens is 186 g/mol. The first kappa shape index (κ1) is 9.04. The van der Waals surface area contributed by atoms with Crippen LogP contribution < -0.4 is 5.32 Å². The van der Waals surface area contributed by atoms with Gasteiger partial charge in [-0.3, -0.25) is 0 Å². The van der Waals surface area contributed by atoms with Crippen molar-refractivity contribution >= 4 is 5.57 Å². The lowest BCUT2D eigenvalue weighted by atomic mass is 9.85. The van der Waals surface area contributed by atoms with Gasteiger partial charge in [-0.15, -0.1) is 0 Å². The molecule has 3 heterocycles. The maximum atomic E-state index is 4.08. The first-order chi connectivity index (χ1) is 7.42. The number of allylic oxidation sites excluding steroid dienone is 1. The fraction of sp³-hybridized carbons (Fsp3) is 0.500. The molecule has 1 aliphatic carbocycles. The number of hydrogen-bond acceptors (Lipinski definition) is 3. The van der Waals surface area contributed by atoms with E-state index >= 15 is 0 Å². The third-order valence-electron chi connectivity index (χ3n) is 3.38. The number of aromatic nitrogens is 2. The van der Waals surface area contributed by atoms with Crippen molar-refractivity contribution in [1.29, 1.82) is 0 Å². The molecule has 2 aliphatic heterocycles. The second-order valence-corrected chi connectivity index (χ2v) is 4.43. The van der Waals surface area contributed by atoms with Crippen LogP contribution in [0.2, 0.25) is 0 Å². The molecule has 4 rings (SSSR count). The van der Waals surface area contributed by atoms with E-state index in [0.29, 0.717) is 0 Å². The van der Waals surface area contributed by atoms with Gasteiger partial charge in [-0.25, -0.2) is 9.97 Å². The molecule has 1 N–H and O–H groups in total. The van der Waals surface area contributed by atoms with Crippen LogP contribution in [-0.4, -0.2) is 22.1 Å². The fourth-order valence-corrected chi connectivity index (χ4v) is 2.46. The van der Waals surface area contributed by atoms with Crippen LogP contribution >= 0.6 is 0 Å². The molecule has 2 bridgehead atoms. The molecule has 1 aromatic heterocycles. The minimum atomic E-state index is 0.718. The highest BCUT2D eigenvalue weighted by Gasteiger charge is 2.28. The van der Waals surface area contributed by atoms with Gasteiger partial charge in [-0.2, -0.15) is 0 Å². The van der Waals surface area contributed by atoms with Crippen LogP contribution in [0.5, 0.6) is 0 Å². The van der Waals surface area contributed by atoms with Crippen LogP contribution in [0.1, 0.15) is 31.2 Å². The van der Waals surface area contributed by atoms with E-state index in [9.17, 15) is 0 Å². The van der Waals surface area contributed by atoms with Gasteiger partial charge in [0.15, 0.2) is 0 Å². The lowest BCUT2D eigenvalue weighted by molar-refractivity contribution is 0.251. The Kier molecular flexibility index (Phi) is 2.25. The number of rotatable bonds is 1. The molecular formula is C12H15N3. The largest absolute Gasteiger partial charge is 0.311 e. The van der Waals surface area contributed by atoms with Crippen LogP contribution in [0, 0.1) is 0 Å². The predicted octanol–water partition coefficient (Wildman–Crippen LogP) is 1.77. The summed E-state index contributed by atoms with van der Waals surface area (Å²) >= 11 is 0. The van der Waals surface area contributed by atoms with E-state index in [2.05, 4.69) is 21.4 Å². The van der Waals surface area contributed by atoms with Crippen molar-refractivity contribution in [1.82, 2.24) is 15.3 Å². The molecule has 3 aliphatic rings. The Labute approximate surface area is 89.6 Å². The van der Waals surface area contributed by atoms with Crippen LogP contribution in [0.15, 0.2) is 24.8 Å². The van der Waals surface area contributed by atoms with Crippen LogP contribution in [0.25, 0.3) is 5.57 Å². The molecule has 0 spiro atoms. The molecule has 0 radical (unpaired) electrons. The second-order valence-electron chi connectivity index (χ2n) is 4.43. The zero-order valence-corrected chi connectivity index (χ0v) is 8.69. The van der Waals surface area contributed by atoms with Crippen molar-refractivity contribution in [3.05, 3.63) is 30.4 Å². The Morgan fingerprint density at radius 3 is 2.80 bits per heavy atom. The third-order valence-corrected chi connectivity index (χ3v) is 3.38. The summed E-state index contributed by atoms with van der Waals surface area (Å²) in [5.41, 5.74) is 2.62. The van der Waals surface area contributed by atoms with E-state index in [1.54, 1.807) is 6.33 Å². The second kappa shape index (κ2) is 3.74. The molecule has 0 saturated carbocycles. The number of fused-ring (bicyclic) bond motifs is 3. The highest BCUT2D eigenvalue weighted by Crippen LogP contribution is 2.29. The van der Waals surface area contributed by atoms with Gasteiger partial charge in [0.1, 0.15) is 6.33 Å². The Hall–Kier alpha value is -1.22. The smallest absolute Gasteiger partial charge is 0.115 e. The normalized spacial score (nSPS) is 33.2. The summed E-state index contributed by atoms with van der Waals surface area (Å²) in [6.07, 6.45) is 12.7. The molecule has 1 aromatic rings. The van der Waals surface area contributed by atoms with E-state index < -0.39 is 0 Å². The first-order valence-electron chi connectivity index (χ1n) is 5.62. The van der Waals surface area contributed by atoms with Gasteiger partial charge < -0.3 is 5.32 Å². The standard InChI is InChI=1S/C12H15N3/c1-3-11-5-12(15-11)4-2-9(1)10-6-13-8-14-7-10/h1,6-8,11-12,15H,2-5H2/b9-1+. The van der Waals surface area contributed by atoms with Crippen molar-refractivity contribution in [2.45, 2.75) is 37.8 Å². The van der Waals surface area contributed by atoms with Crippen molar-refractivity contribution < 1.29 is 0 Å². The molecule has 1 saturated heterocycles. The summed E-state index contributed by atoms with van der Waals surface area (Å²) in [5, 5.41) is 3.58. The maximum absolute atomic E-state index is 4.08. The molecule has 1 fully saturated rings. The van der Waals surface area contributed by atoms with E-state index in [-0.39, 0.29) is 0 Å². The van der Waals surface area contributed by atoms with E-state index in [1.807, 2.05) is 12.4 Å². The summed E-state index contributed by atoms with van der Waals surface area (Å²) in [6.45, 7) is 0. The molecule has 2 unspecified atom stereocenters. The van der Waals surface area contributed by atoms with Crippen molar-refractivity contribution in [2.24, 2.45) is 0 Å². The topological polar surface area (TPSA) is 37.8 Å². The number of nitrogens with one attached hydrogen (secondary N) is 1. The molecule has 2 atom stereocenters. The van der Waals surface area contributed by atoms with E-state index in [0.717, 1.165) is 24.9 Å². The van der Waals surface area contributed by atoms with E-state index in [4.69, 9.17) is 0 Å². The molecule has 0 aromatic carbocycles. The monoisotopic (exact) mass is 201 g/mol.